The van der Waals surface area contributed by atoms with E-state index in [-0.39, 0.29) is 31.3 Å². The van der Waals surface area contributed by atoms with E-state index >= 15 is 0 Å². The quantitative estimate of drug-likeness (QED) is 0.329. The fraction of sp³-hybridized carbons (Fsp3) is 0.400. The first-order valence-electron chi connectivity index (χ1n) is 13.2. The number of nitrogens with zero attached hydrogens (tertiary/aromatic N) is 3. The molecule has 2 atom stereocenters. The number of aryl methyl sites for hydroxylation is 1. The number of aliphatic hydroxyl groups excluding tert-OH is 2. The zero-order valence-electron chi connectivity index (χ0n) is 23.7. The van der Waals surface area contributed by atoms with Gasteiger partial charge in [-0.15, -0.1) is 0 Å². The molecule has 0 bridgehead atoms. The molecule has 0 aliphatic carbocycles. The van der Waals surface area contributed by atoms with Gasteiger partial charge in [0.05, 0.1) is 47.2 Å². The number of carbonyl (C=O) groups excluding carboxylic acids is 1. The number of halogens is 7. The first kappa shape index (κ1) is 32.2. The van der Waals surface area contributed by atoms with E-state index in [1.807, 2.05) is 0 Å². The van der Waals surface area contributed by atoms with E-state index in [1.54, 1.807) is 17.9 Å². The highest BCUT2D eigenvalue weighted by molar-refractivity contribution is 6.03. The molecule has 0 saturated carbocycles. The molecule has 1 fully saturated rings. The van der Waals surface area contributed by atoms with Gasteiger partial charge in [0.1, 0.15) is 11.6 Å². The van der Waals surface area contributed by atoms with Gasteiger partial charge >= 0.3 is 12.4 Å². The maximum absolute atomic E-state index is 14.0. The fourth-order valence-electron chi connectivity index (χ4n) is 5.32. The third kappa shape index (κ3) is 6.47. The number of pyridine rings is 1. The molecule has 6 nitrogen and oxygen atoms in total. The van der Waals surface area contributed by atoms with Gasteiger partial charge in [0, 0.05) is 19.2 Å². The highest BCUT2D eigenvalue weighted by Gasteiger charge is 2.41. The van der Waals surface area contributed by atoms with Crippen LogP contribution in [-0.2, 0) is 22.6 Å². The normalized spacial score (nSPS) is 17.8. The van der Waals surface area contributed by atoms with E-state index in [1.165, 1.54) is 45.3 Å². The molecule has 43 heavy (non-hydrogen) atoms. The van der Waals surface area contributed by atoms with Crippen LogP contribution in [0.15, 0.2) is 48.7 Å². The predicted octanol–water partition coefficient (Wildman–Crippen LogP) is 6.11. The predicted molar refractivity (Wildman–Crippen MR) is 146 cm³/mol. The molecule has 232 valence electrons. The smallest absolute Gasteiger partial charge is 0.394 e. The van der Waals surface area contributed by atoms with Crippen molar-refractivity contribution < 1.29 is 45.7 Å². The van der Waals surface area contributed by atoms with Gasteiger partial charge in [-0.05, 0) is 80.3 Å². The van der Waals surface area contributed by atoms with Crippen LogP contribution in [0.4, 0.5) is 42.2 Å². The van der Waals surface area contributed by atoms with E-state index in [2.05, 4.69) is 4.98 Å². The van der Waals surface area contributed by atoms with Gasteiger partial charge in [0.15, 0.2) is 0 Å². The van der Waals surface area contributed by atoms with Gasteiger partial charge in [-0.25, -0.2) is 9.37 Å². The van der Waals surface area contributed by atoms with Crippen LogP contribution in [0, 0.1) is 12.7 Å². The van der Waals surface area contributed by atoms with Crippen molar-refractivity contribution in [1.29, 1.82) is 0 Å². The van der Waals surface area contributed by atoms with Gasteiger partial charge in [-0.2, -0.15) is 26.3 Å². The van der Waals surface area contributed by atoms with Crippen molar-refractivity contribution >= 4 is 17.4 Å². The van der Waals surface area contributed by atoms with Gasteiger partial charge in [-0.1, -0.05) is 6.07 Å². The summed E-state index contributed by atoms with van der Waals surface area (Å²) in [4.78, 5) is 21.1. The lowest BCUT2D eigenvalue weighted by Gasteiger charge is -2.32. The molecule has 0 spiro atoms. The highest BCUT2D eigenvalue weighted by atomic mass is 19.4. The Morgan fingerprint density at radius 3 is 2.09 bits per heavy atom. The molecule has 1 aromatic heterocycles. The lowest BCUT2D eigenvalue weighted by molar-refractivity contribution is -0.143. The SMILES string of the molecule is Cc1cc(F)ccc1-c1cc(N2CC(O)CC2CO)ncc1N(C)C(=O)C(C)(C)c1cc(C(F)(F)F)cc(C(F)(F)F)c1. The molecule has 1 saturated heterocycles. The Bertz CT molecular complexity index is 1490. The number of β-amino-alcohol motifs (C(OH)–C–C–N with tert-alkyl or cyclic N) is 1. The Morgan fingerprint density at radius 2 is 1.56 bits per heavy atom. The van der Waals surface area contributed by atoms with E-state index < -0.39 is 58.3 Å². The number of rotatable bonds is 6. The van der Waals surface area contributed by atoms with Gasteiger partial charge in [-0.3, -0.25) is 4.79 Å². The third-order valence-corrected chi connectivity index (χ3v) is 7.75. The number of aromatic nitrogens is 1. The zero-order chi connectivity index (χ0) is 32.1. The van der Waals surface area contributed by atoms with Crippen LogP contribution in [0.5, 0.6) is 0 Å². The first-order valence-corrected chi connectivity index (χ1v) is 13.2. The topological polar surface area (TPSA) is 76.9 Å². The first-order chi connectivity index (χ1) is 19.8. The van der Waals surface area contributed by atoms with Crippen molar-refractivity contribution in [3.8, 4) is 11.1 Å². The number of aliphatic hydroxyl groups is 2. The maximum Gasteiger partial charge on any atom is 0.416 e. The molecule has 13 heteroatoms. The van der Waals surface area contributed by atoms with Crippen LogP contribution in [0.25, 0.3) is 11.1 Å². The number of carbonyl (C=O) groups is 1. The minimum atomic E-state index is -5.09. The lowest BCUT2D eigenvalue weighted by atomic mass is 9.81. The van der Waals surface area contributed by atoms with Crippen LogP contribution in [0.1, 0.15) is 42.5 Å². The van der Waals surface area contributed by atoms with E-state index in [4.69, 9.17) is 0 Å². The summed E-state index contributed by atoms with van der Waals surface area (Å²) in [5.74, 6) is -1.01. The van der Waals surface area contributed by atoms with Crippen molar-refractivity contribution in [2.75, 3.05) is 30.0 Å². The second-order valence-corrected chi connectivity index (χ2v) is 11.2. The Morgan fingerprint density at radius 1 is 0.977 bits per heavy atom. The van der Waals surface area contributed by atoms with Crippen molar-refractivity contribution in [2.45, 2.75) is 57.1 Å². The highest BCUT2D eigenvalue weighted by Crippen LogP contribution is 2.41. The van der Waals surface area contributed by atoms with Crippen molar-refractivity contribution in [2.24, 2.45) is 0 Å². The van der Waals surface area contributed by atoms with Crippen molar-refractivity contribution in [3.05, 3.63) is 76.7 Å². The molecule has 4 rings (SSSR count). The summed E-state index contributed by atoms with van der Waals surface area (Å²) < 4.78 is 95.4. The average Bonchev–Trinajstić information content (AvgIpc) is 3.31. The van der Waals surface area contributed by atoms with Crippen LogP contribution in [0.2, 0.25) is 0 Å². The summed E-state index contributed by atoms with van der Waals surface area (Å²) in [5, 5.41) is 20.0. The number of likely N-dealkylation sites (N-methyl/N-ethyl adjacent to an activating group) is 1. The summed E-state index contributed by atoms with van der Waals surface area (Å²) in [5.41, 5.74) is -3.96. The number of anilines is 2. The summed E-state index contributed by atoms with van der Waals surface area (Å²) in [6.07, 6.45) is -9.32. The minimum Gasteiger partial charge on any atom is -0.394 e. The summed E-state index contributed by atoms with van der Waals surface area (Å²) in [7, 11) is 1.32. The van der Waals surface area contributed by atoms with Crippen LogP contribution in [-0.4, -0.2) is 53.4 Å². The molecule has 2 aromatic carbocycles. The van der Waals surface area contributed by atoms with E-state index in [0.29, 0.717) is 34.6 Å². The summed E-state index contributed by atoms with van der Waals surface area (Å²) in [6.45, 7) is 3.98. The minimum absolute atomic E-state index is 0.000763. The lowest BCUT2D eigenvalue weighted by Crippen LogP contribution is -2.42. The van der Waals surface area contributed by atoms with Gasteiger partial charge in [0.25, 0.3) is 0 Å². The zero-order valence-corrected chi connectivity index (χ0v) is 23.7. The molecule has 1 amide bonds. The maximum atomic E-state index is 14.0. The number of hydrogen-bond acceptors (Lipinski definition) is 5. The second-order valence-electron chi connectivity index (χ2n) is 11.2. The Hall–Kier alpha value is -3.71. The largest absolute Gasteiger partial charge is 0.416 e. The van der Waals surface area contributed by atoms with Crippen molar-refractivity contribution in [1.82, 2.24) is 4.98 Å². The molecule has 0 radical (unpaired) electrons. The summed E-state index contributed by atoms with van der Waals surface area (Å²) >= 11 is 0. The van der Waals surface area contributed by atoms with E-state index in [9.17, 15) is 45.7 Å². The molecule has 3 aromatic rings. The van der Waals surface area contributed by atoms with Crippen molar-refractivity contribution in [3.63, 3.8) is 0 Å². The number of benzene rings is 2. The van der Waals surface area contributed by atoms with Gasteiger partial charge in [0.2, 0.25) is 5.91 Å². The Labute approximate surface area is 243 Å². The van der Waals surface area contributed by atoms with Gasteiger partial charge < -0.3 is 20.0 Å². The number of hydrogen-bond donors (Lipinski definition) is 2. The molecule has 2 N–H and O–H groups in total. The summed E-state index contributed by atoms with van der Waals surface area (Å²) in [6, 6.07) is 6.14. The molecule has 1 aliphatic rings. The Kier molecular flexibility index (Phi) is 8.55. The van der Waals surface area contributed by atoms with Crippen LogP contribution in [0.3, 0.4) is 0 Å². The monoisotopic (exact) mass is 613 g/mol. The Balaban J connectivity index is 1.84. The molecule has 2 unspecified atom stereocenters. The molecule has 2 heterocycles. The fourth-order valence-corrected chi connectivity index (χ4v) is 5.32. The average molecular weight is 614 g/mol. The van der Waals surface area contributed by atoms with E-state index in [0.717, 1.165) is 4.90 Å². The number of amides is 1. The molecular formula is C30H30F7N3O3. The third-order valence-electron chi connectivity index (χ3n) is 7.75. The van der Waals surface area contributed by atoms with Crippen LogP contribution < -0.4 is 9.80 Å². The van der Waals surface area contributed by atoms with Crippen LogP contribution >= 0.6 is 0 Å². The number of alkyl halides is 6. The standard InChI is InChI=1S/C30H30F7N3O3/c1-16-7-20(31)5-6-23(16)24-12-26(40-14-22(42)11-21(40)15-41)38-13-25(24)39(4)27(43)28(2,3)17-8-18(29(32,33)34)10-19(9-17)30(35,36)37/h5-10,12-13,21-22,41-42H,11,14-15H2,1-4H3. The second kappa shape index (κ2) is 11.4. The molecular weight excluding hydrogens is 583 g/mol. The molecule has 1 aliphatic heterocycles.